The average molecular weight is 178 g/mol. The SMILES string of the molecule is O=C1NCCC[C@H]1Br. The third-order valence-electron chi connectivity index (χ3n) is 1.22. The lowest BCUT2D eigenvalue weighted by molar-refractivity contribution is -0.121. The van der Waals surface area contributed by atoms with Crippen LogP contribution in [0.25, 0.3) is 0 Å². The number of hydrogen-bond donors (Lipinski definition) is 1. The second-order valence-electron chi connectivity index (χ2n) is 1.90. The number of carbonyl (C=O) groups is 1. The highest BCUT2D eigenvalue weighted by molar-refractivity contribution is 9.10. The lowest BCUT2D eigenvalue weighted by atomic mass is 10.2. The molecule has 0 aromatic rings. The van der Waals surface area contributed by atoms with Gasteiger partial charge in [-0.05, 0) is 12.8 Å². The molecule has 1 N–H and O–H groups in total. The molecule has 0 aromatic carbocycles. The van der Waals surface area contributed by atoms with Gasteiger partial charge in [-0.2, -0.15) is 0 Å². The van der Waals surface area contributed by atoms with Crippen LogP contribution in [0.1, 0.15) is 12.8 Å². The molecule has 1 amide bonds. The molecule has 0 aliphatic carbocycles. The van der Waals surface area contributed by atoms with Gasteiger partial charge in [0.05, 0.1) is 4.83 Å². The summed E-state index contributed by atoms with van der Waals surface area (Å²) in [4.78, 5) is 10.7. The van der Waals surface area contributed by atoms with Crippen molar-refractivity contribution < 1.29 is 4.79 Å². The molecule has 46 valence electrons. The Morgan fingerprint density at radius 3 is 2.88 bits per heavy atom. The molecule has 0 saturated carbocycles. The van der Waals surface area contributed by atoms with Crippen molar-refractivity contribution in [1.82, 2.24) is 5.32 Å². The monoisotopic (exact) mass is 177 g/mol. The number of halogens is 1. The number of alkyl halides is 1. The molecule has 1 rings (SSSR count). The molecule has 0 aromatic heterocycles. The molecule has 1 aliphatic heterocycles. The quantitative estimate of drug-likeness (QED) is 0.542. The Labute approximate surface area is 56.8 Å². The Kier molecular flexibility index (Phi) is 1.89. The van der Waals surface area contributed by atoms with Crippen molar-refractivity contribution in [2.45, 2.75) is 17.7 Å². The standard InChI is InChI=1S/C5H8BrNO/c6-4-2-1-3-7-5(4)8/h4H,1-3H2,(H,7,8)/t4-/m1/s1. The Morgan fingerprint density at radius 1 is 1.75 bits per heavy atom. The van der Waals surface area contributed by atoms with E-state index in [0.717, 1.165) is 19.4 Å². The highest BCUT2D eigenvalue weighted by Crippen LogP contribution is 2.10. The molecule has 0 radical (unpaired) electrons. The molecule has 3 heteroatoms. The fourth-order valence-corrected chi connectivity index (χ4v) is 1.22. The van der Waals surface area contributed by atoms with E-state index in [1.807, 2.05) is 0 Å². The summed E-state index contributed by atoms with van der Waals surface area (Å²) in [7, 11) is 0. The van der Waals surface area contributed by atoms with Crippen molar-refractivity contribution in [1.29, 1.82) is 0 Å². The number of hydrogen-bond acceptors (Lipinski definition) is 1. The molecular formula is C5H8BrNO. The number of rotatable bonds is 0. The van der Waals surface area contributed by atoms with Crippen LogP contribution in [0, 0.1) is 0 Å². The van der Waals surface area contributed by atoms with Gasteiger partial charge in [0.15, 0.2) is 0 Å². The van der Waals surface area contributed by atoms with E-state index in [2.05, 4.69) is 21.2 Å². The van der Waals surface area contributed by atoms with Crippen molar-refractivity contribution in [2.24, 2.45) is 0 Å². The van der Waals surface area contributed by atoms with Crippen LogP contribution in [0.2, 0.25) is 0 Å². The second kappa shape index (κ2) is 2.49. The Hall–Kier alpha value is -0.0500. The van der Waals surface area contributed by atoms with Gasteiger partial charge in [0, 0.05) is 6.54 Å². The Balaban J connectivity index is 2.39. The number of nitrogens with one attached hydrogen (secondary N) is 1. The maximum atomic E-state index is 10.6. The third kappa shape index (κ3) is 1.22. The average Bonchev–Trinajstić information content (AvgIpc) is 1.77. The van der Waals surface area contributed by atoms with Crippen LogP contribution in [-0.4, -0.2) is 17.3 Å². The van der Waals surface area contributed by atoms with Crippen LogP contribution in [0.5, 0.6) is 0 Å². The smallest absolute Gasteiger partial charge is 0.233 e. The summed E-state index contributed by atoms with van der Waals surface area (Å²) in [5, 5.41) is 2.75. The fourth-order valence-electron chi connectivity index (χ4n) is 0.735. The van der Waals surface area contributed by atoms with E-state index in [-0.39, 0.29) is 10.7 Å². The van der Waals surface area contributed by atoms with Gasteiger partial charge in [-0.15, -0.1) is 0 Å². The van der Waals surface area contributed by atoms with E-state index in [1.165, 1.54) is 0 Å². The highest BCUT2D eigenvalue weighted by atomic mass is 79.9. The summed E-state index contributed by atoms with van der Waals surface area (Å²) in [6.45, 7) is 0.848. The van der Waals surface area contributed by atoms with Gasteiger partial charge in [-0.3, -0.25) is 4.79 Å². The predicted molar refractivity (Wildman–Crippen MR) is 35.0 cm³/mol. The summed E-state index contributed by atoms with van der Waals surface area (Å²) in [5.74, 6) is 0.135. The van der Waals surface area contributed by atoms with Gasteiger partial charge in [0.2, 0.25) is 5.91 Å². The van der Waals surface area contributed by atoms with Crippen molar-refractivity contribution >= 4 is 21.8 Å². The van der Waals surface area contributed by atoms with E-state index in [1.54, 1.807) is 0 Å². The molecule has 1 heterocycles. The van der Waals surface area contributed by atoms with Gasteiger partial charge >= 0.3 is 0 Å². The van der Waals surface area contributed by atoms with Gasteiger partial charge < -0.3 is 5.32 Å². The highest BCUT2D eigenvalue weighted by Gasteiger charge is 2.17. The second-order valence-corrected chi connectivity index (χ2v) is 3.01. The van der Waals surface area contributed by atoms with E-state index in [4.69, 9.17) is 0 Å². The van der Waals surface area contributed by atoms with Gasteiger partial charge in [-0.1, -0.05) is 15.9 Å². The zero-order valence-electron chi connectivity index (χ0n) is 4.48. The minimum absolute atomic E-state index is 0.0660. The fraction of sp³-hybridized carbons (Fsp3) is 0.800. The Morgan fingerprint density at radius 2 is 2.50 bits per heavy atom. The molecule has 0 bridgehead atoms. The molecule has 2 nitrogen and oxygen atoms in total. The van der Waals surface area contributed by atoms with E-state index in [9.17, 15) is 4.79 Å². The van der Waals surface area contributed by atoms with Crippen LogP contribution in [-0.2, 0) is 4.79 Å². The first-order chi connectivity index (χ1) is 3.80. The number of piperidine rings is 1. The van der Waals surface area contributed by atoms with Crippen molar-refractivity contribution in [2.75, 3.05) is 6.54 Å². The topological polar surface area (TPSA) is 29.1 Å². The van der Waals surface area contributed by atoms with E-state index in [0.29, 0.717) is 0 Å². The Bertz CT molecular complexity index is 105. The van der Waals surface area contributed by atoms with Gasteiger partial charge in [-0.25, -0.2) is 0 Å². The summed E-state index contributed by atoms with van der Waals surface area (Å²) >= 11 is 3.24. The minimum atomic E-state index is 0.0660. The molecule has 1 fully saturated rings. The van der Waals surface area contributed by atoms with Crippen molar-refractivity contribution in [3.8, 4) is 0 Å². The zero-order chi connectivity index (χ0) is 5.98. The lowest BCUT2D eigenvalue weighted by Gasteiger charge is -2.15. The van der Waals surface area contributed by atoms with Gasteiger partial charge in [0.25, 0.3) is 0 Å². The molecule has 1 atom stereocenters. The normalized spacial score (nSPS) is 29.6. The van der Waals surface area contributed by atoms with Gasteiger partial charge in [0.1, 0.15) is 0 Å². The van der Waals surface area contributed by atoms with Crippen LogP contribution in [0.3, 0.4) is 0 Å². The first-order valence-electron chi connectivity index (χ1n) is 2.72. The summed E-state index contributed by atoms with van der Waals surface area (Å²) < 4.78 is 0. The number of amides is 1. The lowest BCUT2D eigenvalue weighted by Crippen LogP contribution is -2.36. The molecule has 0 spiro atoms. The van der Waals surface area contributed by atoms with E-state index < -0.39 is 0 Å². The van der Waals surface area contributed by atoms with Crippen molar-refractivity contribution in [3.05, 3.63) is 0 Å². The molecule has 0 unspecified atom stereocenters. The molecule has 1 saturated heterocycles. The summed E-state index contributed by atoms with van der Waals surface area (Å²) in [6.07, 6.45) is 2.08. The minimum Gasteiger partial charge on any atom is -0.355 e. The van der Waals surface area contributed by atoms with Crippen molar-refractivity contribution in [3.63, 3.8) is 0 Å². The molecular weight excluding hydrogens is 170 g/mol. The largest absolute Gasteiger partial charge is 0.355 e. The molecule has 8 heavy (non-hydrogen) atoms. The maximum absolute atomic E-state index is 10.6. The molecule has 1 aliphatic rings. The predicted octanol–water partition coefficient (Wildman–Crippen LogP) is 0.660. The number of carbonyl (C=O) groups excluding carboxylic acids is 1. The summed E-state index contributed by atoms with van der Waals surface area (Å²) in [6, 6.07) is 0. The van der Waals surface area contributed by atoms with E-state index >= 15 is 0 Å². The summed E-state index contributed by atoms with van der Waals surface area (Å²) in [5.41, 5.74) is 0. The maximum Gasteiger partial charge on any atom is 0.233 e. The third-order valence-corrected chi connectivity index (χ3v) is 2.09. The van der Waals surface area contributed by atoms with Crippen LogP contribution >= 0.6 is 15.9 Å². The first kappa shape index (κ1) is 6.08. The van der Waals surface area contributed by atoms with Crippen LogP contribution in [0.4, 0.5) is 0 Å². The zero-order valence-corrected chi connectivity index (χ0v) is 6.07. The first-order valence-corrected chi connectivity index (χ1v) is 3.64. The van der Waals surface area contributed by atoms with Crippen LogP contribution in [0.15, 0.2) is 0 Å². The van der Waals surface area contributed by atoms with Crippen LogP contribution < -0.4 is 5.32 Å².